The Labute approximate surface area is 164 Å². The van der Waals surface area contributed by atoms with Gasteiger partial charge in [0.15, 0.2) is 5.82 Å². The summed E-state index contributed by atoms with van der Waals surface area (Å²) in [7, 11) is 1.38. The minimum Gasteiger partial charge on any atom is -0.453 e. The minimum atomic E-state index is -0.312. The number of piperazine rings is 1. The maximum Gasteiger partial charge on any atom is 0.409 e. The molecule has 3 rings (SSSR count). The van der Waals surface area contributed by atoms with Gasteiger partial charge in [-0.05, 0) is 25.1 Å². The van der Waals surface area contributed by atoms with E-state index in [1.54, 1.807) is 23.2 Å². The highest BCUT2D eigenvalue weighted by Gasteiger charge is 2.22. The van der Waals surface area contributed by atoms with E-state index < -0.39 is 0 Å². The van der Waals surface area contributed by atoms with Crippen molar-refractivity contribution in [2.24, 2.45) is 0 Å². The summed E-state index contributed by atoms with van der Waals surface area (Å²) in [6.45, 7) is 5.37. The van der Waals surface area contributed by atoms with Crippen molar-refractivity contribution in [1.29, 1.82) is 0 Å². The number of carbonyl (C=O) groups is 1. The zero-order chi connectivity index (χ0) is 19.9. The van der Waals surface area contributed by atoms with E-state index in [1.807, 2.05) is 25.1 Å². The van der Waals surface area contributed by atoms with E-state index in [4.69, 9.17) is 4.74 Å². The van der Waals surface area contributed by atoms with Gasteiger partial charge in [0.2, 0.25) is 0 Å². The first kappa shape index (κ1) is 19.9. The van der Waals surface area contributed by atoms with Crippen LogP contribution in [0.2, 0.25) is 0 Å². The Bertz CT molecular complexity index is 792. The molecule has 0 saturated carbocycles. The quantitative estimate of drug-likeness (QED) is 0.743. The third-order valence-electron chi connectivity index (χ3n) is 4.76. The first-order valence-electron chi connectivity index (χ1n) is 9.30. The van der Waals surface area contributed by atoms with Gasteiger partial charge in [-0.2, -0.15) is 0 Å². The first-order valence-corrected chi connectivity index (χ1v) is 9.30. The summed E-state index contributed by atoms with van der Waals surface area (Å²) in [5.41, 5.74) is 2.91. The van der Waals surface area contributed by atoms with Crippen LogP contribution >= 0.6 is 0 Å². The fraction of sp³-hybridized carbons (Fsp3) is 0.400. The number of carbonyl (C=O) groups excluding carboxylic acids is 1. The molecular formula is C20H26FN5O2. The molecule has 1 aliphatic heterocycles. The van der Waals surface area contributed by atoms with Crippen molar-refractivity contribution < 1.29 is 13.9 Å². The number of rotatable bonds is 6. The van der Waals surface area contributed by atoms with Gasteiger partial charge in [-0.25, -0.2) is 9.18 Å². The molecule has 0 unspecified atom stereocenters. The van der Waals surface area contributed by atoms with Crippen LogP contribution in [0.4, 0.5) is 20.6 Å². The number of ether oxygens (including phenoxy) is 1. The predicted octanol–water partition coefficient (Wildman–Crippen LogP) is 2.89. The van der Waals surface area contributed by atoms with Gasteiger partial charge in [0.05, 0.1) is 31.4 Å². The van der Waals surface area contributed by atoms with Crippen LogP contribution in [0.5, 0.6) is 0 Å². The van der Waals surface area contributed by atoms with Crippen LogP contribution < -0.4 is 10.6 Å². The number of methoxy groups -OCH3 is 1. The molecule has 1 aromatic heterocycles. The average molecular weight is 387 g/mol. The van der Waals surface area contributed by atoms with Crippen molar-refractivity contribution in [3.8, 4) is 0 Å². The lowest BCUT2D eigenvalue weighted by Gasteiger charge is -2.33. The van der Waals surface area contributed by atoms with Gasteiger partial charge in [-0.15, -0.1) is 0 Å². The van der Waals surface area contributed by atoms with Crippen molar-refractivity contribution >= 4 is 17.5 Å². The number of hydrogen-bond acceptors (Lipinski definition) is 6. The second-order valence-corrected chi connectivity index (χ2v) is 6.73. The minimum absolute atomic E-state index is 0.248. The lowest BCUT2D eigenvalue weighted by Crippen LogP contribution is -2.48. The molecule has 1 aliphatic rings. The number of benzene rings is 1. The number of amides is 1. The maximum atomic E-state index is 14.9. The lowest BCUT2D eigenvalue weighted by atomic mass is 10.1. The summed E-state index contributed by atoms with van der Waals surface area (Å²) in [4.78, 5) is 19.6. The topological polar surface area (TPSA) is 69.7 Å². The number of halogens is 1. The summed E-state index contributed by atoms with van der Waals surface area (Å²) in [5, 5.41) is 6.25. The molecule has 0 aliphatic carbocycles. The fourth-order valence-corrected chi connectivity index (χ4v) is 3.11. The Hall–Kier alpha value is -2.87. The van der Waals surface area contributed by atoms with Gasteiger partial charge in [0.25, 0.3) is 0 Å². The van der Waals surface area contributed by atoms with Gasteiger partial charge in [0.1, 0.15) is 0 Å². The number of pyridine rings is 1. The molecule has 0 atom stereocenters. The zero-order valence-corrected chi connectivity index (χ0v) is 16.2. The number of aromatic nitrogens is 1. The average Bonchev–Trinajstić information content (AvgIpc) is 2.72. The summed E-state index contributed by atoms with van der Waals surface area (Å²) in [5.74, 6) is -0.248. The van der Waals surface area contributed by atoms with E-state index in [1.165, 1.54) is 7.11 Å². The largest absolute Gasteiger partial charge is 0.453 e. The number of anilines is 2. The lowest BCUT2D eigenvalue weighted by molar-refractivity contribution is 0.0885. The predicted molar refractivity (Wildman–Crippen MR) is 107 cm³/mol. The molecule has 0 bridgehead atoms. The zero-order valence-electron chi connectivity index (χ0n) is 16.2. The smallest absolute Gasteiger partial charge is 0.409 e. The Morgan fingerprint density at radius 3 is 2.64 bits per heavy atom. The van der Waals surface area contributed by atoms with Crippen LogP contribution in [0.1, 0.15) is 11.3 Å². The highest BCUT2D eigenvalue weighted by Crippen LogP contribution is 2.20. The highest BCUT2D eigenvalue weighted by atomic mass is 19.1. The molecule has 1 saturated heterocycles. The van der Waals surface area contributed by atoms with Gasteiger partial charge in [-0.1, -0.05) is 12.1 Å². The van der Waals surface area contributed by atoms with Crippen LogP contribution in [0.3, 0.4) is 0 Å². The molecule has 2 aromatic rings. The molecule has 2 N–H and O–H groups in total. The van der Waals surface area contributed by atoms with Gasteiger partial charge < -0.3 is 20.3 Å². The van der Waals surface area contributed by atoms with Crippen LogP contribution in [0.25, 0.3) is 0 Å². The van der Waals surface area contributed by atoms with Crippen LogP contribution in [0.15, 0.2) is 36.5 Å². The third-order valence-corrected chi connectivity index (χ3v) is 4.76. The standard InChI is InChI=1S/C20H26FN5O2/c1-15-6-7-17(12-22-15)23-14-24-18-5-3-4-16(19(18)21)13-25-8-10-26(11-9-25)20(27)28-2/h3-7,12,23-24H,8-11,13-14H2,1-2H3. The Kier molecular flexibility index (Phi) is 6.65. The third kappa shape index (κ3) is 5.10. The Morgan fingerprint density at radius 1 is 1.18 bits per heavy atom. The van der Waals surface area contributed by atoms with Crippen molar-refractivity contribution in [3.05, 3.63) is 53.6 Å². The summed E-state index contributed by atoms with van der Waals surface area (Å²) in [6, 6.07) is 9.22. The highest BCUT2D eigenvalue weighted by molar-refractivity contribution is 5.67. The molecule has 28 heavy (non-hydrogen) atoms. The summed E-state index contributed by atoms with van der Waals surface area (Å²) < 4.78 is 19.6. The SMILES string of the molecule is COC(=O)N1CCN(Cc2cccc(NCNc3ccc(C)nc3)c2F)CC1. The number of nitrogens with one attached hydrogen (secondary N) is 2. The van der Waals surface area contributed by atoms with Crippen LogP contribution in [-0.2, 0) is 11.3 Å². The normalized spacial score (nSPS) is 14.6. The molecule has 1 amide bonds. The second kappa shape index (κ2) is 9.36. The number of hydrogen-bond donors (Lipinski definition) is 2. The summed E-state index contributed by atoms with van der Waals surface area (Å²) in [6.07, 6.45) is 1.44. The number of nitrogens with zero attached hydrogens (tertiary/aromatic N) is 3. The van der Waals surface area contributed by atoms with Crippen molar-refractivity contribution in [1.82, 2.24) is 14.8 Å². The van der Waals surface area contributed by atoms with Crippen LogP contribution in [-0.4, -0.2) is 60.8 Å². The molecule has 8 heteroatoms. The van der Waals surface area contributed by atoms with Crippen molar-refractivity contribution in [3.63, 3.8) is 0 Å². The van der Waals surface area contributed by atoms with E-state index in [0.717, 1.165) is 11.4 Å². The molecule has 2 heterocycles. The molecular weight excluding hydrogens is 361 g/mol. The van der Waals surface area contributed by atoms with Gasteiger partial charge in [0, 0.05) is 44.0 Å². The monoisotopic (exact) mass is 387 g/mol. The van der Waals surface area contributed by atoms with E-state index in [9.17, 15) is 9.18 Å². The van der Waals surface area contributed by atoms with Gasteiger partial charge >= 0.3 is 6.09 Å². The van der Waals surface area contributed by atoms with Crippen molar-refractivity contribution in [2.45, 2.75) is 13.5 Å². The Balaban J connectivity index is 1.53. The summed E-state index contributed by atoms with van der Waals surface area (Å²) >= 11 is 0. The number of aryl methyl sites for hydroxylation is 1. The molecule has 0 spiro atoms. The molecule has 150 valence electrons. The fourth-order valence-electron chi connectivity index (χ4n) is 3.11. The molecule has 7 nitrogen and oxygen atoms in total. The Morgan fingerprint density at radius 2 is 1.96 bits per heavy atom. The molecule has 1 fully saturated rings. The van der Waals surface area contributed by atoms with Gasteiger partial charge in [-0.3, -0.25) is 9.88 Å². The van der Waals surface area contributed by atoms with E-state index >= 15 is 0 Å². The van der Waals surface area contributed by atoms with E-state index in [0.29, 0.717) is 50.6 Å². The van der Waals surface area contributed by atoms with Crippen LogP contribution in [0, 0.1) is 12.7 Å². The van der Waals surface area contributed by atoms with Crippen molar-refractivity contribution in [2.75, 3.05) is 50.6 Å². The molecule has 1 aromatic carbocycles. The van der Waals surface area contributed by atoms with E-state index in [-0.39, 0.29) is 11.9 Å². The maximum absolute atomic E-state index is 14.9. The molecule has 0 radical (unpaired) electrons. The second-order valence-electron chi connectivity index (χ2n) is 6.73. The van der Waals surface area contributed by atoms with E-state index in [2.05, 4.69) is 20.5 Å². The first-order chi connectivity index (χ1) is 13.6.